The number of thioether (sulfide) groups is 1. The van der Waals surface area contributed by atoms with Crippen LogP contribution < -0.4 is 10.0 Å². The third-order valence-corrected chi connectivity index (χ3v) is 7.57. The van der Waals surface area contributed by atoms with Crippen LogP contribution >= 0.6 is 11.8 Å². The lowest BCUT2D eigenvalue weighted by molar-refractivity contribution is -0.122. The van der Waals surface area contributed by atoms with Crippen LogP contribution in [-0.2, 0) is 27.8 Å². The smallest absolute Gasteiger partial charge is 0.241 e. The Morgan fingerprint density at radius 2 is 1.81 bits per heavy atom. The van der Waals surface area contributed by atoms with Gasteiger partial charge in [-0.2, -0.15) is 16.5 Å². The van der Waals surface area contributed by atoms with Gasteiger partial charge < -0.3 is 5.32 Å². The number of carbonyl (C=O) groups excluding carboxylic acids is 1. The summed E-state index contributed by atoms with van der Waals surface area (Å²) in [5.74, 6) is 0.431. The molecule has 1 unspecified atom stereocenters. The molecule has 168 valence electrons. The molecule has 0 spiro atoms. The van der Waals surface area contributed by atoms with Gasteiger partial charge in [0.15, 0.2) is 0 Å². The summed E-state index contributed by atoms with van der Waals surface area (Å²) in [4.78, 5) is 15.3. The first-order valence-corrected chi connectivity index (χ1v) is 13.5. The number of benzene rings is 2. The summed E-state index contributed by atoms with van der Waals surface area (Å²) in [7, 11) is -3.74. The molecule has 0 radical (unpaired) electrons. The summed E-state index contributed by atoms with van der Waals surface area (Å²) in [5, 5.41) is 2.92. The fourth-order valence-electron chi connectivity index (χ4n) is 3.72. The minimum Gasteiger partial charge on any atom is -0.355 e. The van der Waals surface area contributed by atoms with E-state index in [1.807, 2.05) is 6.26 Å². The maximum Gasteiger partial charge on any atom is 0.241 e. The summed E-state index contributed by atoms with van der Waals surface area (Å²) >= 11 is 1.59. The minimum atomic E-state index is -3.74. The molecule has 8 heteroatoms. The van der Waals surface area contributed by atoms with Crippen LogP contribution in [-0.4, -0.2) is 56.9 Å². The van der Waals surface area contributed by atoms with Crippen molar-refractivity contribution in [1.82, 2.24) is 14.9 Å². The Morgan fingerprint density at radius 3 is 2.55 bits per heavy atom. The number of rotatable bonds is 11. The van der Waals surface area contributed by atoms with Crippen LogP contribution in [0.5, 0.6) is 0 Å². The van der Waals surface area contributed by atoms with Crippen molar-refractivity contribution in [2.45, 2.75) is 36.7 Å². The van der Waals surface area contributed by atoms with Crippen molar-refractivity contribution in [3.05, 3.63) is 65.7 Å². The number of nitrogens with one attached hydrogen (secondary N) is 2. The van der Waals surface area contributed by atoms with E-state index in [0.717, 1.165) is 32.5 Å². The summed E-state index contributed by atoms with van der Waals surface area (Å²) < 4.78 is 27.9. The zero-order chi connectivity index (χ0) is 22.1. The van der Waals surface area contributed by atoms with Gasteiger partial charge in [0.25, 0.3) is 0 Å². The van der Waals surface area contributed by atoms with E-state index in [1.165, 1.54) is 23.3 Å². The van der Waals surface area contributed by atoms with E-state index in [-0.39, 0.29) is 10.8 Å². The van der Waals surface area contributed by atoms with Crippen molar-refractivity contribution >= 4 is 27.7 Å². The Morgan fingerprint density at radius 1 is 1.10 bits per heavy atom. The predicted octanol–water partition coefficient (Wildman–Crippen LogP) is 2.65. The highest BCUT2D eigenvalue weighted by molar-refractivity contribution is 7.98. The third-order valence-electron chi connectivity index (χ3n) is 5.44. The Kier molecular flexibility index (Phi) is 8.95. The van der Waals surface area contributed by atoms with Crippen LogP contribution in [0.3, 0.4) is 0 Å². The zero-order valence-electron chi connectivity index (χ0n) is 17.9. The molecule has 1 atom stereocenters. The van der Waals surface area contributed by atoms with Crippen LogP contribution in [0.1, 0.15) is 24.0 Å². The molecule has 1 amide bonds. The monoisotopic (exact) mass is 461 g/mol. The van der Waals surface area contributed by atoms with Crippen LogP contribution in [0.4, 0.5) is 0 Å². The lowest BCUT2D eigenvalue weighted by atomic mass is 10.00. The van der Waals surface area contributed by atoms with Gasteiger partial charge in [0.05, 0.1) is 4.90 Å². The summed E-state index contributed by atoms with van der Waals surface area (Å²) in [5.41, 5.74) is 2.81. The fraction of sp³-hybridized carbons (Fsp3) is 0.435. The SMILES string of the molecule is CSCCC(NS(=O)(=O)c1ccccc1)C(=O)NCCCN1CCc2ccccc2C1. The van der Waals surface area contributed by atoms with Gasteiger partial charge in [-0.15, -0.1) is 0 Å². The molecule has 1 heterocycles. The number of carbonyl (C=O) groups is 1. The molecule has 6 nitrogen and oxygen atoms in total. The van der Waals surface area contributed by atoms with Crippen molar-refractivity contribution < 1.29 is 13.2 Å². The maximum absolute atomic E-state index is 12.7. The van der Waals surface area contributed by atoms with E-state index < -0.39 is 16.1 Å². The topological polar surface area (TPSA) is 78.5 Å². The molecule has 1 aliphatic rings. The maximum atomic E-state index is 12.7. The Balaban J connectivity index is 1.48. The molecule has 2 aromatic rings. The van der Waals surface area contributed by atoms with Crippen molar-refractivity contribution in [1.29, 1.82) is 0 Å². The Labute approximate surface area is 189 Å². The first kappa shape index (κ1) is 23.8. The lowest BCUT2D eigenvalue weighted by Crippen LogP contribution is -2.47. The van der Waals surface area contributed by atoms with Gasteiger partial charge in [0, 0.05) is 26.2 Å². The molecule has 31 heavy (non-hydrogen) atoms. The number of nitrogens with zero attached hydrogens (tertiary/aromatic N) is 1. The fourth-order valence-corrected chi connectivity index (χ4v) is 5.44. The van der Waals surface area contributed by atoms with Crippen molar-refractivity contribution in [2.24, 2.45) is 0 Å². The van der Waals surface area contributed by atoms with E-state index in [0.29, 0.717) is 18.7 Å². The molecule has 2 aromatic carbocycles. The normalized spacial score (nSPS) is 15.3. The molecule has 1 aliphatic heterocycles. The van der Waals surface area contributed by atoms with Crippen LogP contribution in [0, 0.1) is 0 Å². The second kappa shape index (κ2) is 11.7. The second-order valence-corrected chi connectivity index (χ2v) is 10.4. The Hall–Kier alpha value is -1.87. The van der Waals surface area contributed by atoms with Crippen LogP contribution in [0.2, 0.25) is 0 Å². The number of sulfonamides is 1. The average molecular weight is 462 g/mol. The molecule has 0 fully saturated rings. The van der Waals surface area contributed by atoms with E-state index in [9.17, 15) is 13.2 Å². The zero-order valence-corrected chi connectivity index (χ0v) is 19.6. The third kappa shape index (κ3) is 7.07. The van der Waals surface area contributed by atoms with Gasteiger partial charge in [-0.3, -0.25) is 9.69 Å². The molecular formula is C23H31N3O3S2. The molecule has 0 bridgehead atoms. The van der Waals surface area contributed by atoms with Crippen LogP contribution in [0.15, 0.2) is 59.5 Å². The number of amides is 1. The van der Waals surface area contributed by atoms with E-state index in [1.54, 1.807) is 30.0 Å². The highest BCUT2D eigenvalue weighted by Gasteiger charge is 2.25. The second-order valence-electron chi connectivity index (χ2n) is 7.71. The van der Waals surface area contributed by atoms with Crippen molar-refractivity contribution in [3.8, 4) is 0 Å². The number of hydrogen-bond donors (Lipinski definition) is 2. The molecule has 0 saturated carbocycles. The molecule has 0 aromatic heterocycles. The Bertz CT molecular complexity index is 952. The largest absolute Gasteiger partial charge is 0.355 e. The van der Waals surface area contributed by atoms with Gasteiger partial charge >= 0.3 is 0 Å². The average Bonchev–Trinajstić information content (AvgIpc) is 2.79. The van der Waals surface area contributed by atoms with E-state index in [4.69, 9.17) is 0 Å². The van der Waals surface area contributed by atoms with Gasteiger partial charge in [0.1, 0.15) is 6.04 Å². The summed E-state index contributed by atoms with van der Waals surface area (Å²) in [6.45, 7) is 3.40. The van der Waals surface area contributed by atoms with Gasteiger partial charge in [-0.05, 0) is 54.5 Å². The van der Waals surface area contributed by atoms with E-state index in [2.05, 4.69) is 39.2 Å². The standard InChI is InChI=1S/C23H31N3O3S2/c1-30-17-13-22(25-31(28,29)21-10-3-2-4-11-21)23(27)24-14-7-15-26-16-12-19-8-5-6-9-20(19)18-26/h2-6,8-11,22,25H,7,12-18H2,1H3,(H,24,27). The van der Waals surface area contributed by atoms with E-state index >= 15 is 0 Å². The number of fused-ring (bicyclic) bond motifs is 1. The predicted molar refractivity (Wildman–Crippen MR) is 127 cm³/mol. The minimum absolute atomic E-state index is 0.169. The quantitative estimate of drug-likeness (QED) is 0.503. The molecule has 3 rings (SSSR count). The summed E-state index contributed by atoms with van der Waals surface area (Å²) in [6, 6.07) is 15.9. The van der Waals surface area contributed by atoms with Gasteiger partial charge in [0.2, 0.25) is 15.9 Å². The first-order chi connectivity index (χ1) is 15.0. The molecule has 2 N–H and O–H groups in total. The molecule has 0 saturated heterocycles. The number of hydrogen-bond acceptors (Lipinski definition) is 5. The highest BCUT2D eigenvalue weighted by atomic mass is 32.2. The van der Waals surface area contributed by atoms with Crippen molar-refractivity contribution in [2.75, 3.05) is 31.6 Å². The van der Waals surface area contributed by atoms with Crippen molar-refractivity contribution in [3.63, 3.8) is 0 Å². The van der Waals surface area contributed by atoms with Crippen LogP contribution in [0.25, 0.3) is 0 Å². The van der Waals surface area contributed by atoms with Gasteiger partial charge in [-0.1, -0.05) is 42.5 Å². The molecule has 0 aliphatic carbocycles. The first-order valence-electron chi connectivity index (χ1n) is 10.6. The van der Waals surface area contributed by atoms with Gasteiger partial charge in [-0.25, -0.2) is 8.42 Å². The summed E-state index contributed by atoms with van der Waals surface area (Å²) in [6.07, 6.45) is 4.27. The lowest BCUT2D eigenvalue weighted by Gasteiger charge is -2.28. The molecular weight excluding hydrogens is 430 g/mol. The highest BCUT2D eigenvalue weighted by Crippen LogP contribution is 2.18.